The minimum atomic E-state index is 0.218. The van der Waals surface area contributed by atoms with E-state index in [9.17, 15) is 4.79 Å². The highest BCUT2D eigenvalue weighted by Crippen LogP contribution is 1.99. The first kappa shape index (κ1) is 7.54. The van der Waals surface area contributed by atoms with Gasteiger partial charge >= 0.3 is 0 Å². The maximum absolute atomic E-state index is 11.2. The van der Waals surface area contributed by atoms with Crippen molar-refractivity contribution in [1.29, 1.82) is 0 Å². The Morgan fingerprint density at radius 1 is 1.60 bits per heavy atom. The van der Waals surface area contributed by atoms with Crippen molar-refractivity contribution in [3.63, 3.8) is 0 Å². The van der Waals surface area contributed by atoms with E-state index in [-0.39, 0.29) is 11.9 Å². The fourth-order valence-electron chi connectivity index (χ4n) is 1.33. The lowest BCUT2D eigenvalue weighted by molar-refractivity contribution is -0.658. The Kier molecular flexibility index (Phi) is 2.27. The summed E-state index contributed by atoms with van der Waals surface area (Å²) in [6, 6.07) is 0.218. The summed E-state index contributed by atoms with van der Waals surface area (Å²) >= 11 is 0. The molecule has 1 aliphatic rings. The molecule has 1 fully saturated rings. The highest BCUT2D eigenvalue weighted by Gasteiger charge is 2.26. The monoisotopic (exact) mass is 143 g/mol. The standard InChI is InChI=1S/C7H14N2O/c1-9(2)7(10)6-4-3-5-8-6/h6,8H,3-5H2,1-2H3/p+1/t6-/m1/s1. The van der Waals surface area contributed by atoms with Crippen LogP contribution in [0.25, 0.3) is 0 Å². The quantitative estimate of drug-likeness (QED) is 0.492. The third-order valence-corrected chi connectivity index (χ3v) is 1.93. The van der Waals surface area contributed by atoms with Gasteiger partial charge in [0.2, 0.25) is 0 Å². The van der Waals surface area contributed by atoms with Gasteiger partial charge in [0.15, 0.2) is 6.04 Å². The van der Waals surface area contributed by atoms with Gasteiger partial charge in [-0.1, -0.05) is 0 Å². The smallest absolute Gasteiger partial charge is 0.280 e. The van der Waals surface area contributed by atoms with Gasteiger partial charge in [-0.25, -0.2) is 0 Å². The number of nitrogens with zero attached hydrogens (tertiary/aromatic N) is 1. The number of hydrogen-bond acceptors (Lipinski definition) is 1. The normalized spacial score (nSPS) is 24.8. The number of likely N-dealkylation sites (N-methyl/N-ethyl adjacent to an activating group) is 1. The molecule has 10 heavy (non-hydrogen) atoms. The predicted molar refractivity (Wildman–Crippen MR) is 38.5 cm³/mol. The first-order valence-electron chi connectivity index (χ1n) is 3.76. The molecule has 3 nitrogen and oxygen atoms in total. The van der Waals surface area contributed by atoms with Crippen LogP contribution in [0.5, 0.6) is 0 Å². The number of rotatable bonds is 1. The van der Waals surface area contributed by atoms with Crippen LogP contribution in [0, 0.1) is 0 Å². The van der Waals surface area contributed by atoms with Crippen LogP contribution in [0.15, 0.2) is 0 Å². The maximum Gasteiger partial charge on any atom is 0.280 e. The zero-order valence-electron chi connectivity index (χ0n) is 6.63. The van der Waals surface area contributed by atoms with E-state index in [1.165, 1.54) is 6.42 Å². The van der Waals surface area contributed by atoms with Crippen molar-refractivity contribution in [2.75, 3.05) is 20.6 Å². The van der Waals surface area contributed by atoms with Crippen molar-refractivity contribution < 1.29 is 10.1 Å². The third-order valence-electron chi connectivity index (χ3n) is 1.93. The minimum Gasteiger partial charge on any atom is -0.344 e. The molecular weight excluding hydrogens is 128 g/mol. The second-order valence-corrected chi connectivity index (χ2v) is 3.01. The summed E-state index contributed by atoms with van der Waals surface area (Å²) in [4.78, 5) is 12.9. The molecule has 0 aromatic heterocycles. The van der Waals surface area contributed by atoms with Crippen LogP contribution in [0.4, 0.5) is 0 Å². The molecule has 1 rings (SSSR count). The summed E-state index contributed by atoms with van der Waals surface area (Å²) in [6.45, 7) is 1.12. The van der Waals surface area contributed by atoms with Crippen LogP contribution in [0.2, 0.25) is 0 Å². The van der Waals surface area contributed by atoms with E-state index in [0.717, 1.165) is 13.0 Å². The molecule has 0 unspecified atom stereocenters. The van der Waals surface area contributed by atoms with Crippen LogP contribution >= 0.6 is 0 Å². The molecule has 1 heterocycles. The summed E-state index contributed by atoms with van der Waals surface area (Å²) < 4.78 is 0. The van der Waals surface area contributed by atoms with Gasteiger partial charge in [-0.15, -0.1) is 0 Å². The van der Waals surface area contributed by atoms with Gasteiger partial charge in [-0.2, -0.15) is 0 Å². The first-order chi connectivity index (χ1) is 4.72. The van der Waals surface area contributed by atoms with Crippen LogP contribution in [0.1, 0.15) is 12.8 Å². The molecule has 1 saturated heterocycles. The van der Waals surface area contributed by atoms with Gasteiger partial charge in [-0.3, -0.25) is 4.79 Å². The molecule has 0 saturated carbocycles. The van der Waals surface area contributed by atoms with Gasteiger partial charge in [0.1, 0.15) is 0 Å². The van der Waals surface area contributed by atoms with Gasteiger partial charge in [-0.05, 0) is 0 Å². The lowest BCUT2D eigenvalue weighted by atomic mass is 10.2. The summed E-state index contributed by atoms with van der Waals surface area (Å²) in [5.41, 5.74) is 0. The number of nitrogens with two attached hydrogens (primary N) is 1. The van der Waals surface area contributed by atoms with Crippen molar-refractivity contribution in [1.82, 2.24) is 4.90 Å². The zero-order chi connectivity index (χ0) is 7.56. The number of amides is 1. The Morgan fingerprint density at radius 3 is 2.70 bits per heavy atom. The van der Waals surface area contributed by atoms with Crippen molar-refractivity contribution in [3.05, 3.63) is 0 Å². The van der Waals surface area contributed by atoms with Gasteiger partial charge < -0.3 is 10.2 Å². The zero-order valence-corrected chi connectivity index (χ0v) is 6.63. The molecule has 2 N–H and O–H groups in total. The lowest BCUT2D eigenvalue weighted by Gasteiger charge is -2.12. The maximum atomic E-state index is 11.2. The average molecular weight is 143 g/mol. The molecule has 0 bridgehead atoms. The van der Waals surface area contributed by atoms with Crippen LogP contribution < -0.4 is 5.32 Å². The summed E-state index contributed by atoms with van der Waals surface area (Å²) in [5, 5.41) is 2.13. The average Bonchev–Trinajstić information content (AvgIpc) is 2.36. The minimum absolute atomic E-state index is 0.218. The number of quaternary nitrogens is 1. The molecule has 0 aliphatic carbocycles. The topological polar surface area (TPSA) is 36.9 Å². The molecule has 3 heteroatoms. The second-order valence-electron chi connectivity index (χ2n) is 3.01. The molecule has 58 valence electrons. The molecule has 1 aliphatic heterocycles. The first-order valence-corrected chi connectivity index (χ1v) is 3.76. The lowest BCUT2D eigenvalue weighted by Crippen LogP contribution is -2.89. The molecule has 0 radical (unpaired) electrons. The molecule has 1 atom stereocenters. The Labute approximate surface area is 61.4 Å². The number of carbonyl (C=O) groups is 1. The van der Waals surface area contributed by atoms with Gasteiger partial charge in [0, 0.05) is 26.9 Å². The fourth-order valence-corrected chi connectivity index (χ4v) is 1.33. The second kappa shape index (κ2) is 3.01. The van der Waals surface area contributed by atoms with Gasteiger partial charge in [0.25, 0.3) is 5.91 Å². The molecular formula is C7H15N2O+. The third kappa shape index (κ3) is 1.48. The Morgan fingerprint density at radius 2 is 2.30 bits per heavy atom. The van der Waals surface area contributed by atoms with Crippen LogP contribution in [0.3, 0.4) is 0 Å². The highest BCUT2D eigenvalue weighted by atomic mass is 16.2. The largest absolute Gasteiger partial charge is 0.344 e. The van der Waals surface area contributed by atoms with Crippen LogP contribution in [-0.4, -0.2) is 37.5 Å². The predicted octanol–water partition coefficient (Wildman–Crippen LogP) is -1.20. The van der Waals surface area contributed by atoms with Crippen molar-refractivity contribution in [2.24, 2.45) is 0 Å². The molecule has 1 amide bonds. The molecule has 0 aromatic carbocycles. The van der Waals surface area contributed by atoms with E-state index in [4.69, 9.17) is 0 Å². The van der Waals surface area contributed by atoms with Gasteiger partial charge in [0.05, 0.1) is 6.54 Å². The van der Waals surface area contributed by atoms with E-state index in [1.807, 2.05) is 14.1 Å². The Bertz CT molecular complexity index is 128. The summed E-state index contributed by atoms with van der Waals surface area (Å²) in [7, 11) is 3.63. The summed E-state index contributed by atoms with van der Waals surface area (Å²) in [5.74, 6) is 0.262. The SMILES string of the molecule is CN(C)C(=O)[C@H]1CCC[NH2+]1. The van der Waals surface area contributed by atoms with E-state index >= 15 is 0 Å². The number of hydrogen-bond donors (Lipinski definition) is 1. The van der Waals surface area contributed by atoms with Crippen LogP contribution in [-0.2, 0) is 4.79 Å². The van der Waals surface area contributed by atoms with E-state index < -0.39 is 0 Å². The summed E-state index contributed by atoms with van der Waals surface area (Å²) in [6.07, 6.45) is 2.24. The van der Waals surface area contributed by atoms with E-state index in [1.54, 1.807) is 4.90 Å². The van der Waals surface area contributed by atoms with Crippen molar-refractivity contribution in [3.8, 4) is 0 Å². The molecule has 0 aromatic rings. The molecule has 0 spiro atoms. The van der Waals surface area contributed by atoms with Crippen molar-refractivity contribution >= 4 is 5.91 Å². The van der Waals surface area contributed by atoms with E-state index in [0.29, 0.717) is 0 Å². The highest BCUT2D eigenvalue weighted by molar-refractivity contribution is 5.79. The Balaban J connectivity index is 2.40. The number of carbonyl (C=O) groups excluding carboxylic acids is 1. The fraction of sp³-hybridized carbons (Fsp3) is 0.857. The Hall–Kier alpha value is -0.570. The van der Waals surface area contributed by atoms with E-state index in [2.05, 4.69) is 5.32 Å². The van der Waals surface area contributed by atoms with Crippen molar-refractivity contribution in [2.45, 2.75) is 18.9 Å².